The molecule has 5 N–H and O–H groups in total. The number of amides is 1. The highest BCUT2D eigenvalue weighted by Gasteiger charge is 2.36. The van der Waals surface area contributed by atoms with Crippen LogP contribution in [0.25, 0.3) is 0 Å². The number of hydrogen-bond donors (Lipinski definition) is 5. The molecule has 5 rings (SSSR count). The molecule has 3 saturated heterocycles. The molecule has 0 spiro atoms. The van der Waals surface area contributed by atoms with Crippen LogP contribution in [0.1, 0.15) is 134 Å². The molecule has 2 aromatic rings. The van der Waals surface area contributed by atoms with E-state index in [1.165, 1.54) is 6.92 Å². The Hall–Kier alpha value is -2.81. The fourth-order valence-electron chi connectivity index (χ4n) is 7.80. The van der Waals surface area contributed by atoms with E-state index >= 15 is 0 Å². The second kappa shape index (κ2) is 21.5. The van der Waals surface area contributed by atoms with E-state index in [1.54, 1.807) is 37.3 Å². The number of aliphatic hydroxyl groups excluding tert-OH is 2. The van der Waals surface area contributed by atoms with E-state index in [1.807, 2.05) is 18.2 Å². The lowest BCUT2D eigenvalue weighted by Gasteiger charge is -2.38. The first-order valence-corrected chi connectivity index (χ1v) is 20.1. The smallest absolute Gasteiger partial charge is 0.217 e. The molecule has 12 nitrogen and oxygen atoms in total. The number of nitrogens with one attached hydrogen (secondary N) is 1. The van der Waals surface area contributed by atoms with E-state index in [2.05, 4.69) is 12.2 Å². The summed E-state index contributed by atoms with van der Waals surface area (Å²) in [5.41, 5.74) is 1.21. The molecule has 1 amide bonds. The van der Waals surface area contributed by atoms with Crippen molar-refractivity contribution < 1.29 is 53.6 Å². The number of hydrogen-bond acceptors (Lipinski definition) is 11. The fourth-order valence-corrected chi connectivity index (χ4v) is 7.80. The Morgan fingerprint density at radius 1 is 0.685 bits per heavy atom. The van der Waals surface area contributed by atoms with Crippen molar-refractivity contribution in [2.45, 2.75) is 178 Å². The first-order valence-electron chi connectivity index (χ1n) is 20.1. The molecule has 0 bridgehead atoms. The quantitative estimate of drug-likeness (QED) is 0.102. The third kappa shape index (κ3) is 13.4. The molecule has 0 saturated carbocycles. The Bertz CT molecular complexity index is 1410. The van der Waals surface area contributed by atoms with Gasteiger partial charge in [-0.2, -0.15) is 0 Å². The molecule has 302 valence electrons. The minimum absolute atomic E-state index is 0.0186. The summed E-state index contributed by atoms with van der Waals surface area (Å²) in [6.45, 7) is 5.63. The van der Waals surface area contributed by atoms with Gasteiger partial charge in [0.15, 0.2) is 18.9 Å². The summed E-state index contributed by atoms with van der Waals surface area (Å²) in [5, 5.41) is 44.8. The number of aliphatic hydroxyl groups is 2. The lowest BCUT2D eigenvalue weighted by Crippen LogP contribution is -2.44. The Kier molecular flexibility index (Phi) is 16.8. The van der Waals surface area contributed by atoms with Gasteiger partial charge in [-0.1, -0.05) is 43.3 Å². The lowest BCUT2D eigenvalue weighted by atomic mass is 9.95. The number of phenols is 2. The van der Waals surface area contributed by atoms with E-state index in [-0.39, 0.29) is 66.7 Å². The molecule has 54 heavy (non-hydrogen) atoms. The summed E-state index contributed by atoms with van der Waals surface area (Å²) in [5.74, 6) is 0.129. The largest absolute Gasteiger partial charge is 0.507 e. The molecular weight excluding hydrogens is 694 g/mol. The van der Waals surface area contributed by atoms with Crippen LogP contribution >= 0.6 is 0 Å². The topological polar surface area (TPSA) is 165 Å². The van der Waals surface area contributed by atoms with Gasteiger partial charge in [-0.15, -0.1) is 0 Å². The van der Waals surface area contributed by atoms with Gasteiger partial charge < -0.3 is 54.2 Å². The van der Waals surface area contributed by atoms with Crippen LogP contribution in [0, 0.1) is 0 Å². The van der Waals surface area contributed by atoms with Crippen molar-refractivity contribution in [2.24, 2.45) is 0 Å². The standard InChI is InChI=1S/C42H63NO11/c1-4-30-23-33(52-41(51-30)36-18-5-7-20-38(36)47)16-11-17-34-25-35(54-42(53-34)37-19-6-8-21-39(37)48)22-29(46)13-10-15-32-24-31(14-9-12-27(2)44)49-40(50-32)26-43-28(3)45/h5-8,18-21,27,29-35,40-42,44,46-48H,4,9-17,22-26H2,1-3H3,(H,43,45). The van der Waals surface area contributed by atoms with Gasteiger partial charge in [-0.05, 0) is 89.7 Å². The van der Waals surface area contributed by atoms with Gasteiger partial charge in [-0.3, -0.25) is 4.79 Å². The summed E-state index contributed by atoms with van der Waals surface area (Å²) >= 11 is 0. The van der Waals surface area contributed by atoms with Crippen molar-refractivity contribution in [1.29, 1.82) is 0 Å². The van der Waals surface area contributed by atoms with Gasteiger partial charge in [0, 0.05) is 37.3 Å². The molecule has 12 heteroatoms. The van der Waals surface area contributed by atoms with Crippen LogP contribution in [0.3, 0.4) is 0 Å². The Balaban J connectivity index is 1.13. The molecule has 3 heterocycles. The van der Waals surface area contributed by atoms with Crippen molar-refractivity contribution in [3.63, 3.8) is 0 Å². The molecule has 11 unspecified atom stereocenters. The molecule has 3 fully saturated rings. The number of rotatable bonds is 19. The summed E-state index contributed by atoms with van der Waals surface area (Å²) in [6.07, 6.45) is 6.95. The molecule has 3 aliphatic heterocycles. The normalized spacial score (nSPS) is 30.1. The maximum absolute atomic E-state index is 11.5. The van der Waals surface area contributed by atoms with Crippen molar-refractivity contribution >= 4 is 5.91 Å². The zero-order valence-electron chi connectivity index (χ0n) is 32.2. The van der Waals surface area contributed by atoms with Crippen molar-refractivity contribution in [3.8, 4) is 11.5 Å². The number of carbonyl (C=O) groups excluding carboxylic acids is 1. The lowest BCUT2D eigenvalue weighted by molar-refractivity contribution is -0.257. The zero-order valence-corrected chi connectivity index (χ0v) is 32.2. The minimum atomic E-state index is -0.752. The predicted octanol–water partition coefficient (Wildman–Crippen LogP) is 6.83. The number of phenolic OH excluding ortho intramolecular Hbond substituents is 2. The van der Waals surface area contributed by atoms with Crippen LogP contribution in [0.5, 0.6) is 11.5 Å². The number of benzene rings is 2. The molecule has 0 aromatic heterocycles. The van der Waals surface area contributed by atoms with Crippen LogP contribution in [0.4, 0.5) is 0 Å². The Morgan fingerprint density at radius 3 is 1.69 bits per heavy atom. The van der Waals surface area contributed by atoms with Gasteiger partial charge >= 0.3 is 0 Å². The summed E-state index contributed by atoms with van der Waals surface area (Å²) in [6, 6.07) is 14.2. The molecule has 11 atom stereocenters. The van der Waals surface area contributed by atoms with E-state index in [4.69, 9.17) is 28.4 Å². The van der Waals surface area contributed by atoms with Gasteiger partial charge in [-0.25, -0.2) is 0 Å². The summed E-state index contributed by atoms with van der Waals surface area (Å²) in [4.78, 5) is 11.5. The highest BCUT2D eigenvalue weighted by Crippen LogP contribution is 2.39. The average molecular weight is 758 g/mol. The first kappa shape index (κ1) is 42.3. The van der Waals surface area contributed by atoms with Crippen LogP contribution in [0.15, 0.2) is 48.5 Å². The SMILES string of the molecule is CCC1CC(CCCC2CC(CC(O)CCCC3CC(CCCC(C)O)OC(CNC(C)=O)O3)OC(c3ccccc3O)O2)OC(c2ccccc2O)O1. The maximum Gasteiger partial charge on any atom is 0.217 e. The van der Waals surface area contributed by atoms with Gasteiger partial charge in [0.05, 0.1) is 55.4 Å². The van der Waals surface area contributed by atoms with Gasteiger partial charge in [0.25, 0.3) is 0 Å². The number of para-hydroxylation sites is 2. The van der Waals surface area contributed by atoms with E-state index < -0.39 is 25.0 Å². The highest BCUT2D eigenvalue weighted by molar-refractivity contribution is 5.72. The number of ether oxygens (including phenoxy) is 6. The fraction of sp³-hybridized carbons (Fsp3) is 0.690. The van der Waals surface area contributed by atoms with E-state index in [0.717, 1.165) is 64.2 Å². The van der Waals surface area contributed by atoms with E-state index in [0.29, 0.717) is 36.8 Å². The van der Waals surface area contributed by atoms with Crippen molar-refractivity contribution in [2.75, 3.05) is 6.54 Å². The first-order chi connectivity index (χ1) is 26.1. The third-order valence-electron chi connectivity index (χ3n) is 10.7. The predicted molar refractivity (Wildman–Crippen MR) is 201 cm³/mol. The van der Waals surface area contributed by atoms with E-state index in [9.17, 15) is 25.2 Å². The van der Waals surface area contributed by atoms with Crippen molar-refractivity contribution in [3.05, 3.63) is 59.7 Å². The number of carbonyl (C=O) groups is 1. The van der Waals surface area contributed by atoms with Crippen LogP contribution in [0.2, 0.25) is 0 Å². The molecule has 3 aliphatic rings. The summed E-state index contributed by atoms with van der Waals surface area (Å²) in [7, 11) is 0. The Labute approximate surface area is 320 Å². The maximum atomic E-state index is 11.5. The molecule has 0 radical (unpaired) electrons. The minimum Gasteiger partial charge on any atom is -0.507 e. The Morgan fingerprint density at radius 2 is 1.15 bits per heavy atom. The highest BCUT2D eigenvalue weighted by atomic mass is 16.7. The molecule has 0 aliphatic carbocycles. The van der Waals surface area contributed by atoms with Gasteiger partial charge in [0.1, 0.15) is 11.5 Å². The van der Waals surface area contributed by atoms with Crippen LogP contribution in [-0.4, -0.2) is 88.0 Å². The number of aromatic hydroxyl groups is 2. The second-order valence-corrected chi connectivity index (χ2v) is 15.3. The van der Waals surface area contributed by atoms with Crippen LogP contribution in [-0.2, 0) is 33.2 Å². The summed E-state index contributed by atoms with van der Waals surface area (Å²) < 4.78 is 37.6. The molecule has 2 aromatic carbocycles. The second-order valence-electron chi connectivity index (χ2n) is 15.3. The van der Waals surface area contributed by atoms with Gasteiger partial charge in [0.2, 0.25) is 5.91 Å². The van der Waals surface area contributed by atoms with Crippen molar-refractivity contribution in [1.82, 2.24) is 5.32 Å². The molecular formula is C42H63NO11. The average Bonchev–Trinajstić information content (AvgIpc) is 3.14. The zero-order chi connectivity index (χ0) is 38.5. The van der Waals surface area contributed by atoms with Crippen LogP contribution < -0.4 is 5.32 Å². The third-order valence-corrected chi connectivity index (χ3v) is 10.7. The monoisotopic (exact) mass is 757 g/mol.